The lowest BCUT2D eigenvalue weighted by Crippen LogP contribution is -2.25. The molecule has 0 radical (unpaired) electrons. The molecular weight excluding hydrogens is 274 g/mol. The van der Waals surface area contributed by atoms with E-state index in [-0.39, 0.29) is 23.7 Å². The lowest BCUT2D eigenvalue weighted by Gasteiger charge is -2.29. The minimum atomic E-state index is -0.0753. The molecule has 3 unspecified atom stereocenters. The van der Waals surface area contributed by atoms with Crippen molar-refractivity contribution in [3.05, 3.63) is 48.1 Å². The summed E-state index contributed by atoms with van der Waals surface area (Å²) in [6.45, 7) is 4.31. The van der Waals surface area contributed by atoms with Crippen LogP contribution in [0.2, 0.25) is 0 Å². The summed E-state index contributed by atoms with van der Waals surface area (Å²) in [5, 5.41) is 8.16. The molecule has 2 aliphatic rings. The standard InChI is InChI=1S/C19H25NO2/c1-3-7-16(17-8-5-6-9-18(17)20)14-10-12-15(13-11-14)19(21)22-4-2/h3,5-10,15-17,20H,4,11-13H2,1-2H3/b7-3-,20-18?. The molecule has 0 heterocycles. The maximum absolute atomic E-state index is 11.8. The molecular formula is C19H25NO2. The van der Waals surface area contributed by atoms with Gasteiger partial charge in [0.25, 0.3) is 0 Å². The van der Waals surface area contributed by atoms with Gasteiger partial charge >= 0.3 is 5.97 Å². The van der Waals surface area contributed by atoms with Crippen molar-refractivity contribution < 1.29 is 9.53 Å². The highest BCUT2D eigenvalue weighted by molar-refractivity contribution is 5.97. The number of ether oxygens (including phenoxy) is 1. The van der Waals surface area contributed by atoms with Crippen LogP contribution >= 0.6 is 0 Å². The first-order valence-corrected chi connectivity index (χ1v) is 8.09. The van der Waals surface area contributed by atoms with Crippen molar-refractivity contribution in [1.29, 1.82) is 5.41 Å². The Morgan fingerprint density at radius 3 is 2.91 bits per heavy atom. The van der Waals surface area contributed by atoms with E-state index >= 15 is 0 Å². The van der Waals surface area contributed by atoms with Crippen LogP contribution in [-0.4, -0.2) is 18.3 Å². The summed E-state index contributed by atoms with van der Waals surface area (Å²) in [6.07, 6.45) is 16.8. The number of hydrogen-bond donors (Lipinski definition) is 1. The molecule has 0 saturated carbocycles. The summed E-state index contributed by atoms with van der Waals surface area (Å²) in [4.78, 5) is 11.8. The predicted octanol–water partition coefficient (Wildman–Crippen LogP) is 4.23. The van der Waals surface area contributed by atoms with Gasteiger partial charge in [0, 0.05) is 17.5 Å². The fourth-order valence-corrected chi connectivity index (χ4v) is 3.18. The molecule has 3 heteroatoms. The van der Waals surface area contributed by atoms with Crippen LogP contribution in [0, 0.1) is 23.2 Å². The number of allylic oxidation sites excluding steroid dienone is 8. The Morgan fingerprint density at radius 1 is 1.50 bits per heavy atom. The quantitative estimate of drug-likeness (QED) is 0.610. The number of hydrogen-bond acceptors (Lipinski definition) is 3. The van der Waals surface area contributed by atoms with Crippen molar-refractivity contribution >= 4 is 11.7 Å². The molecule has 0 aliphatic heterocycles. The number of carbonyl (C=O) groups is 1. The average Bonchev–Trinajstić information content (AvgIpc) is 2.54. The van der Waals surface area contributed by atoms with E-state index in [0.717, 1.165) is 19.3 Å². The number of carbonyl (C=O) groups excluding carboxylic acids is 1. The highest BCUT2D eigenvalue weighted by Crippen LogP contribution is 2.35. The molecule has 0 amide bonds. The topological polar surface area (TPSA) is 50.2 Å². The van der Waals surface area contributed by atoms with E-state index in [1.54, 1.807) is 0 Å². The van der Waals surface area contributed by atoms with E-state index in [9.17, 15) is 4.79 Å². The second-order valence-corrected chi connectivity index (χ2v) is 5.78. The van der Waals surface area contributed by atoms with E-state index < -0.39 is 0 Å². The van der Waals surface area contributed by atoms with Gasteiger partial charge in [0.2, 0.25) is 0 Å². The van der Waals surface area contributed by atoms with Crippen LogP contribution in [0.5, 0.6) is 0 Å². The van der Waals surface area contributed by atoms with Crippen LogP contribution in [0.15, 0.2) is 48.1 Å². The highest BCUT2D eigenvalue weighted by Gasteiger charge is 2.29. The predicted molar refractivity (Wildman–Crippen MR) is 89.9 cm³/mol. The van der Waals surface area contributed by atoms with Crippen molar-refractivity contribution in [3.8, 4) is 0 Å². The minimum absolute atomic E-state index is 0.00352. The van der Waals surface area contributed by atoms with Gasteiger partial charge in [0.1, 0.15) is 0 Å². The molecule has 2 rings (SSSR count). The largest absolute Gasteiger partial charge is 0.466 e. The molecule has 1 N–H and O–H groups in total. The van der Waals surface area contributed by atoms with Crippen molar-refractivity contribution in [1.82, 2.24) is 0 Å². The Balaban J connectivity index is 2.11. The molecule has 0 aromatic heterocycles. The third-order valence-electron chi connectivity index (χ3n) is 4.35. The number of nitrogens with one attached hydrogen (secondary N) is 1. The number of esters is 1. The monoisotopic (exact) mass is 299 g/mol. The van der Waals surface area contributed by atoms with E-state index in [0.29, 0.717) is 12.3 Å². The summed E-state index contributed by atoms with van der Waals surface area (Å²) in [5.74, 6) is 0.248. The average molecular weight is 299 g/mol. The maximum atomic E-state index is 11.8. The first kappa shape index (κ1) is 16.5. The summed E-state index contributed by atoms with van der Waals surface area (Å²) < 4.78 is 5.12. The van der Waals surface area contributed by atoms with Gasteiger partial charge in [-0.15, -0.1) is 0 Å². The lowest BCUT2D eigenvalue weighted by atomic mass is 9.75. The fraction of sp³-hybridized carbons (Fsp3) is 0.474. The normalized spacial score (nSPS) is 26.1. The van der Waals surface area contributed by atoms with E-state index in [1.165, 1.54) is 5.57 Å². The third kappa shape index (κ3) is 3.85. The molecule has 3 nitrogen and oxygen atoms in total. The van der Waals surface area contributed by atoms with Crippen LogP contribution in [0.4, 0.5) is 0 Å². The van der Waals surface area contributed by atoms with Crippen molar-refractivity contribution in [2.75, 3.05) is 6.61 Å². The van der Waals surface area contributed by atoms with E-state index in [4.69, 9.17) is 10.1 Å². The summed E-state index contributed by atoms with van der Waals surface area (Å²) in [5.41, 5.74) is 1.99. The molecule has 22 heavy (non-hydrogen) atoms. The zero-order chi connectivity index (χ0) is 15.9. The van der Waals surface area contributed by atoms with Crippen LogP contribution in [-0.2, 0) is 9.53 Å². The molecule has 0 saturated heterocycles. The Labute approximate surface area is 132 Å². The van der Waals surface area contributed by atoms with Crippen LogP contribution in [0.1, 0.15) is 33.1 Å². The van der Waals surface area contributed by atoms with Gasteiger partial charge in [-0.25, -0.2) is 0 Å². The van der Waals surface area contributed by atoms with Crippen molar-refractivity contribution in [3.63, 3.8) is 0 Å². The number of rotatable bonds is 5. The molecule has 0 aromatic carbocycles. The Hall–Kier alpha value is -1.90. The summed E-state index contributed by atoms with van der Waals surface area (Å²) in [7, 11) is 0. The van der Waals surface area contributed by atoms with Gasteiger partial charge in [0.05, 0.1) is 12.5 Å². The Kier molecular flexibility index (Phi) is 5.93. The first-order valence-electron chi connectivity index (χ1n) is 8.09. The molecule has 118 valence electrons. The molecule has 2 aliphatic carbocycles. The van der Waals surface area contributed by atoms with Gasteiger partial charge in [-0.3, -0.25) is 4.79 Å². The van der Waals surface area contributed by atoms with Crippen molar-refractivity contribution in [2.45, 2.75) is 33.1 Å². The molecule has 0 fully saturated rings. The molecule has 3 atom stereocenters. The van der Waals surface area contributed by atoms with E-state index in [1.807, 2.05) is 32.1 Å². The summed E-state index contributed by atoms with van der Waals surface area (Å²) >= 11 is 0. The second kappa shape index (κ2) is 7.92. The Morgan fingerprint density at radius 2 is 2.32 bits per heavy atom. The fourth-order valence-electron chi connectivity index (χ4n) is 3.18. The Bertz CT molecular complexity index is 540. The molecule has 0 spiro atoms. The molecule has 0 aromatic rings. The van der Waals surface area contributed by atoms with Crippen LogP contribution in [0.25, 0.3) is 0 Å². The smallest absolute Gasteiger partial charge is 0.309 e. The van der Waals surface area contributed by atoms with Gasteiger partial charge in [-0.2, -0.15) is 0 Å². The summed E-state index contributed by atoms with van der Waals surface area (Å²) in [6, 6.07) is 0. The van der Waals surface area contributed by atoms with Gasteiger partial charge < -0.3 is 10.1 Å². The molecule has 0 bridgehead atoms. The van der Waals surface area contributed by atoms with Crippen molar-refractivity contribution in [2.24, 2.45) is 17.8 Å². The highest BCUT2D eigenvalue weighted by atomic mass is 16.5. The third-order valence-corrected chi connectivity index (χ3v) is 4.35. The zero-order valence-electron chi connectivity index (χ0n) is 13.4. The van der Waals surface area contributed by atoms with E-state index in [2.05, 4.69) is 24.3 Å². The minimum Gasteiger partial charge on any atom is -0.466 e. The van der Waals surface area contributed by atoms with Crippen LogP contribution < -0.4 is 0 Å². The zero-order valence-corrected chi connectivity index (χ0v) is 13.4. The second-order valence-electron chi connectivity index (χ2n) is 5.78. The van der Waals surface area contributed by atoms with Gasteiger partial charge in [-0.05, 0) is 39.2 Å². The SMILES string of the molecule is C/C=C\C(C1=CCC(C(=O)OCC)CC1)C1C=CC=CC1=N. The van der Waals surface area contributed by atoms with Crippen LogP contribution in [0.3, 0.4) is 0 Å². The van der Waals surface area contributed by atoms with Gasteiger partial charge in [-0.1, -0.05) is 42.0 Å². The lowest BCUT2D eigenvalue weighted by molar-refractivity contribution is -0.148. The van der Waals surface area contributed by atoms with Gasteiger partial charge in [0.15, 0.2) is 0 Å². The first-order chi connectivity index (χ1) is 10.7. The maximum Gasteiger partial charge on any atom is 0.309 e.